The van der Waals surface area contributed by atoms with Gasteiger partial charge in [0.1, 0.15) is 0 Å². The van der Waals surface area contributed by atoms with Gasteiger partial charge in [-0.1, -0.05) is 91.0 Å². The molecule has 0 fully saturated rings. The van der Waals surface area contributed by atoms with Gasteiger partial charge in [-0.15, -0.1) is 11.3 Å². The second kappa shape index (κ2) is 7.38. The Morgan fingerprint density at radius 3 is 2.02 bits per heavy atom. The number of aromatic nitrogens is 1. The molecule has 0 radical (unpaired) electrons. The molecule has 0 aliphatic heterocycles. The molecule has 10 rings (SSSR count). The summed E-state index contributed by atoms with van der Waals surface area (Å²) < 4.78 is 5.20. The standard InChI is InChI=1S/C38H21NS/c1-3-13-31-26(10-1)30-21-29-24(17-18-35-38(29)28-11-2-4-14-34(28)40-35)19-33(30)39(31)32-20-25-9-5-7-22-15-16-23-8-6-12-27(32)37(23)36(22)25/h1-21H. The Balaban J connectivity index is 1.41. The Bertz CT molecular complexity index is 2650. The van der Waals surface area contributed by atoms with Crippen LogP contribution in [-0.2, 0) is 0 Å². The molecule has 0 unspecified atom stereocenters. The van der Waals surface area contributed by atoms with Gasteiger partial charge in [0.15, 0.2) is 0 Å². The number of hydrogen-bond donors (Lipinski definition) is 0. The van der Waals surface area contributed by atoms with E-state index in [9.17, 15) is 0 Å². The number of thiophene rings is 1. The van der Waals surface area contributed by atoms with Gasteiger partial charge in [0, 0.05) is 36.3 Å². The van der Waals surface area contributed by atoms with E-state index in [1.165, 1.54) is 90.8 Å². The summed E-state index contributed by atoms with van der Waals surface area (Å²) in [7, 11) is 0. The SMILES string of the molecule is c1cc2ccc3cccc4c(-n5c6ccccc6c6cc7c(ccc8sc9ccccc9c87)cc65)cc(c1)c2c34. The van der Waals surface area contributed by atoms with Crippen molar-refractivity contribution in [1.29, 1.82) is 0 Å². The number of nitrogens with zero attached hydrogens (tertiary/aromatic N) is 1. The largest absolute Gasteiger partial charge is 0.309 e. The molecule has 40 heavy (non-hydrogen) atoms. The van der Waals surface area contributed by atoms with Gasteiger partial charge in [-0.2, -0.15) is 0 Å². The van der Waals surface area contributed by atoms with Gasteiger partial charge >= 0.3 is 0 Å². The first-order chi connectivity index (χ1) is 19.8. The van der Waals surface area contributed by atoms with Crippen molar-refractivity contribution in [2.45, 2.75) is 0 Å². The quantitative estimate of drug-likeness (QED) is 0.189. The summed E-state index contributed by atoms with van der Waals surface area (Å²) in [6, 6.07) is 47.5. The van der Waals surface area contributed by atoms with Crippen LogP contribution in [0.4, 0.5) is 0 Å². The molecule has 0 spiro atoms. The monoisotopic (exact) mass is 523 g/mol. The molecule has 0 atom stereocenters. The molecule has 0 N–H and O–H groups in total. The minimum atomic E-state index is 1.24. The maximum Gasteiger partial charge on any atom is 0.0547 e. The molecule has 2 heterocycles. The zero-order valence-electron chi connectivity index (χ0n) is 21.5. The van der Waals surface area contributed by atoms with Gasteiger partial charge in [0.2, 0.25) is 0 Å². The van der Waals surface area contributed by atoms with Crippen molar-refractivity contribution >= 4 is 96.4 Å². The third-order valence-corrected chi connectivity index (χ3v) is 10.0. The highest BCUT2D eigenvalue weighted by molar-refractivity contribution is 7.26. The molecule has 0 aliphatic carbocycles. The summed E-state index contributed by atoms with van der Waals surface area (Å²) >= 11 is 1.89. The molecule has 184 valence electrons. The van der Waals surface area contributed by atoms with Gasteiger partial charge < -0.3 is 4.57 Å². The first-order valence-electron chi connectivity index (χ1n) is 13.8. The highest BCUT2D eigenvalue weighted by Gasteiger charge is 2.19. The number of benzene rings is 8. The van der Waals surface area contributed by atoms with Crippen molar-refractivity contribution in [2.24, 2.45) is 0 Å². The molecule has 2 aromatic heterocycles. The molecule has 0 bridgehead atoms. The zero-order valence-corrected chi connectivity index (χ0v) is 22.3. The van der Waals surface area contributed by atoms with Crippen LogP contribution in [0.25, 0.3) is 90.8 Å². The Hall–Kier alpha value is -4.92. The van der Waals surface area contributed by atoms with Crippen molar-refractivity contribution < 1.29 is 0 Å². The third kappa shape index (κ3) is 2.57. The summed E-state index contributed by atoms with van der Waals surface area (Å²) in [6.45, 7) is 0. The lowest BCUT2D eigenvalue weighted by Gasteiger charge is -2.17. The summed E-state index contributed by atoms with van der Waals surface area (Å²) in [6.07, 6.45) is 0. The Morgan fingerprint density at radius 1 is 0.375 bits per heavy atom. The van der Waals surface area contributed by atoms with E-state index in [1.54, 1.807) is 0 Å². The fourth-order valence-electron chi connectivity index (χ4n) is 7.20. The van der Waals surface area contributed by atoms with Crippen LogP contribution in [0.2, 0.25) is 0 Å². The van der Waals surface area contributed by atoms with Gasteiger partial charge in [-0.25, -0.2) is 0 Å². The third-order valence-electron chi connectivity index (χ3n) is 8.88. The van der Waals surface area contributed by atoms with Gasteiger partial charge in [-0.05, 0) is 74.1 Å². The van der Waals surface area contributed by atoms with E-state index >= 15 is 0 Å². The summed E-state index contributed by atoms with van der Waals surface area (Å²) in [5, 5.41) is 15.8. The lowest BCUT2D eigenvalue weighted by molar-refractivity contribution is 1.20. The molecule has 1 nitrogen and oxygen atoms in total. The van der Waals surface area contributed by atoms with E-state index in [-0.39, 0.29) is 0 Å². The van der Waals surface area contributed by atoms with E-state index in [0.717, 1.165) is 0 Å². The normalized spacial score (nSPS) is 12.5. The Morgan fingerprint density at radius 2 is 1.10 bits per heavy atom. The number of rotatable bonds is 1. The molecular weight excluding hydrogens is 502 g/mol. The molecule has 8 aromatic carbocycles. The van der Waals surface area contributed by atoms with E-state index < -0.39 is 0 Å². The second-order valence-corrected chi connectivity index (χ2v) is 12.0. The van der Waals surface area contributed by atoms with E-state index in [1.807, 2.05) is 11.3 Å². The highest BCUT2D eigenvalue weighted by atomic mass is 32.1. The molecular formula is C38H21NS. The Kier molecular flexibility index (Phi) is 3.87. The summed E-state index contributed by atoms with van der Waals surface area (Å²) in [4.78, 5) is 0. The average molecular weight is 524 g/mol. The van der Waals surface area contributed by atoms with Crippen molar-refractivity contribution in [3.63, 3.8) is 0 Å². The lowest BCUT2D eigenvalue weighted by atomic mass is 9.93. The summed E-state index contributed by atoms with van der Waals surface area (Å²) in [5.74, 6) is 0. The zero-order chi connectivity index (χ0) is 25.9. The molecule has 0 aliphatic rings. The van der Waals surface area contributed by atoms with E-state index in [0.29, 0.717) is 0 Å². The van der Waals surface area contributed by atoms with Crippen LogP contribution in [0.15, 0.2) is 127 Å². The molecule has 0 saturated heterocycles. The van der Waals surface area contributed by atoms with Crippen LogP contribution in [-0.4, -0.2) is 4.57 Å². The van der Waals surface area contributed by atoms with E-state index in [4.69, 9.17) is 0 Å². The number of para-hydroxylation sites is 1. The molecule has 0 amide bonds. The van der Waals surface area contributed by atoms with Crippen LogP contribution in [0.5, 0.6) is 0 Å². The maximum absolute atomic E-state index is 2.50. The molecule has 10 aromatic rings. The van der Waals surface area contributed by atoms with Crippen LogP contribution in [0.3, 0.4) is 0 Å². The fourth-order valence-corrected chi connectivity index (χ4v) is 8.32. The predicted molar refractivity (Wildman–Crippen MR) is 175 cm³/mol. The van der Waals surface area contributed by atoms with Crippen molar-refractivity contribution in [3.8, 4) is 5.69 Å². The first kappa shape index (κ1) is 21.0. The Labute approximate surface area is 233 Å². The maximum atomic E-state index is 2.50. The van der Waals surface area contributed by atoms with E-state index in [2.05, 4.69) is 132 Å². The minimum Gasteiger partial charge on any atom is -0.309 e. The van der Waals surface area contributed by atoms with Crippen LogP contribution >= 0.6 is 11.3 Å². The first-order valence-corrected chi connectivity index (χ1v) is 14.6. The number of fused-ring (bicyclic) bond motifs is 8. The summed E-state index contributed by atoms with van der Waals surface area (Å²) in [5.41, 5.74) is 3.74. The highest BCUT2D eigenvalue weighted by Crippen LogP contribution is 2.44. The van der Waals surface area contributed by atoms with Crippen molar-refractivity contribution in [1.82, 2.24) is 4.57 Å². The topological polar surface area (TPSA) is 4.93 Å². The lowest BCUT2D eigenvalue weighted by Crippen LogP contribution is -1.97. The van der Waals surface area contributed by atoms with Crippen LogP contribution in [0, 0.1) is 0 Å². The average Bonchev–Trinajstić information content (AvgIpc) is 3.54. The van der Waals surface area contributed by atoms with Gasteiger partial charge in [0.25, 0.3) is 0 Å². The number of hydrogen-bond acceptors (Lipinski definition) is 1. The van der Waals surface area contributed by atoms with Crippen molar-refractivity contribution in [2.75, 3.05) is 0 Å². The molecule has 0 saturated carbocycles. The second-order valence-electron chi connectivity index (χ2n) is 10.9. The van der Waals surface area contributed by atoms with Crippen molar-refractivity contribution in [3.05, 3.63) is 127 Å². The van der Waals surface area contributed by atoms with Gasteiger partial charge in [0.05, 0.1) is 16.7 Å². The molecule has 2 heteroatoms. The van der Waals surface area contributed by atoms with Crippen LogP contribution < -0.4 is 0 Å². The minimum absolute atomic E-state index is 1.24. The van der Waals surface area contributed by atoms with Crippen LogP contribution in [0.1, 0.15) is 0 Å². The smallest absolute Gasteiger partial charge is 0.0547 e. The predicted octanol–water partition coefficient (Wildman–Crippen LogP) is 11.2. The fraction of sp³-hybridized carbons (Fsp3) is 0. The van der Waals surface area contributed by atoms with Gasteiger partial charge in [-0.3, -0.25) is 0 Å².